The van der Waals surface area contributed by atoms with E-state index in [1.54, 1.807) is 12.1 Å². The molecule has 0 radical (unpaired) electrons. The van der Waals surface area contributed by atoms with E-state index in [0.717, 1.165) is 28.3 Å². The maximum absolute atomic E-state index is 14.5. The summed E-state index contributed by atoms with van der Waals surface area (Å²) in [7, 11) is 0. The van der Waals surface area contributed by atoms with Crippen molar-refractivity contribution in [3.63, 3.8) is 0 Å². The van der Waals surface area contributed by atoms with Crippen LogP contribution in [-0.2, 0) is 16.0 Å². The molecular formula is C42H38F2N2O4. The van der Waals surface area contributed by atoms with Gasteiger partial charge in [-0.2, -0.15) is 0 Å². The Balaban J connectivity index is 1.36. The van der Waals surface area contributed by atoms with Crippen molar-refractivity contribution in [2.24, 2.45) is 4.99 Å². The Bertz CT molecular complexity index is 1910. The number of aliphatic hydroxyl groups excluding tert-OH is 1. The van der Waals surface area contributed by atoms with Gasteiger partial charge in [-0.05, 0) is 70.6 Å². The third-order valence-corrected chi connectivity index (χ3v) is 8.51. The van der Waals surface area contributed by atoms with E-state index in [1.165, 1.54) is 12.1 Å². The van der Waals surface area contributed by atoms with E-state index < -0.39 is 23.3 Å². The number of halogens is 2. The zero-order valence-corrected chi connectivity index (χ0v) is 27.5. The van der Waals surface area contributed by atoms with Crippen LogP contribution in [0.15, 0.2) is 138 Å². The lowest BCUT2D eigenvalue weighted by molar-refractivity contribution is -0.128. The smallest absolute Gasteiger partial charge is 0.252 e. The summed E-state index contributed by atoms with van der Waals surface area (Å²) in [5.41, 5.74) is 3.50. The van der Waals surface area contributed by atoms with E-state index in [9.17, 15) is 13.6 Å². The van der Waals surface area contributed by atoms with Gasteiger partial charge in [0, 0.05) is 37.6 Å². The summed E-state index contributed by atoms with van der Waals surface area (Å²) in [6.07, 6.45) is 4.03. The molecule has 5 aromatic rings. The van der Waals surface area contributed by atoms with Gasteiger partial charge in [0.1, 0.15) is 17.4 Å². The first kappa shape index (κ1) is 34.3. The lowest BCUT2D eigenvalue weighted by Gasteiger charge is -2.30. The van der Waals surface area contributed by atoms with Crippen molar-refractivity contribution < 1.29 is 28.2 Å². The van der Waals surface area contributed by atoms with Crippen molar-refractivity contribution in [3.05, 3.63) is 167 Å². The van der Waals surface area contributed by atoms with E-state index in [-0.39, 0.29) is 31.9 Å². The minimum atomic E-state index is -1.42. The Morgan fingerprint density at radius 3 is 2.16 bits per heavy atom. The Hall–Kier alpha value is -5.60. The Labute approximate surface area is 290 Å². The fourth-order valence-corrected chi connectivity index (χ4v) is 5.96. The summed E-state index contributed by atoms with van der Waals surface area (Å²) in [5.74, 6) is -0.771. The minimum absolute atomic E-state index is 0.0401. The molecule has 0 fully saturated rings. The number of amides is 1. The van der Waals surface area contributed by atoms with Crippen molar-refractivity contribution in [2.45, 2.75) is 30.9 Å². The maximum atomic E-state index is 14.5. The summed E-state index contributed by atoms with van der Waals surface area (Å²) < 4.78 is 40.1. The highest BCUT2D eigenvalue weighted by atomic mass is 19.1. The van der Waals surface area contributed by atoms with E-state index in [0.29, 0.717) is 35.8 Å². The molecule has 0 unspecified atom stereocenters. The van der Waals surface area contributed by atoms with E-state index in [4.69, 9.17) is 19.6 Å². The second-order valence-electron chi connectivity index (χ2n) is 12.1. The fourth-order valence-electron chi connectivity index (χ4n) is 5.96. The Morgan fingerprint density at radius 1 is 0.840 bits per heavy atom. The van der Waals surface area contributed by atoms with Crippen molar-refractivity contribution in [3.8, 4) is 16.9 Å². The highest BCUT2D eigenvalue weighted by Gasteiger charge is 2.52. The number of ether oxygens (including phenoxy) is 2. The number of aliphatic imine (C=N–C) groups is 1. The quantitative estimate of drug-likeness (QED) is 0.117. The number of hydrogen-bond acceptors (Lipinski definition) is 5. The van der Waals surface area contributed by atoms with Crippen molar-refractivity contribution in [1.29, 1.82) is 0 Å². The molecule has 6 rings (SSSR count). The number of nitrogens with zero attached hydrogens (tertiary/aromatic N) is 1. The molecule has 0 saturated carbocycles. The molecule has 1 heterocycles. The molecule has 2 N–H and O–H groups in total. The van der Waals surface area contributed by atoms with Gasteiger partial charge in [-0.15, -0.1) is 0 Å². The largest absolute Gasteiger partial charge is 0.494 e. The number of benzene rings is 5. The van der Waals surface area contributed by atoms with Gasteiger partial charge in [-0.25, -0.2) is 13.8 Å². The van der Waals surface area contributed by atoms with Crippen molar-refractivity contribution >= 4 is 17.9 Å². The molecule has 0 saturated heterocycles. The monoisotopic (exact) mass is 672 g/mol. The third kappa shape index (κ3) is 8.33. The maximum Gasteiger partial charge on any atom is 0.252 e. The van der Waals surface area contributed by atoms with Crippen LogP contribution in [0.25, 0.3) is 17.2 Å². The molecule has 0 aliphatic carbocycles. The molecule has 0 aromatic heterocycles. The molecular weight excluding hydrogens is 634 g/mol. The second kappa shape index (κ2) is 16.2. The average molecular weight is 673 g/mol. The lowest BCUT2D eigenvalue weighted by atomic mass is 9.83. The van der Waals surface area contributed by atoms with Gasteiger partial charge in [0.25, 0.3) is 5.91 Å². The predicted molar refractivity (Wildman–Crippen MR) is 192 cm³/mol. The van der Waals surface area contributed by atoms with E-state index >= 15 is 0 Å². The average Bonchev–Trinajstić information content (AvgIpc) is 3.53. The van der Waals surface area contributed by atoms with Gasteiger partial charge in [-0.3, -0.25) is 4.79 Å². The second-order valence-corrected chi connectivity index (χ2v) is 12.1. The molecule has 1 aliphatic heterocycles. The zero-order valence-electron chi connectivity index (χ0n) is 27.5. The van der Waals surface area contributed by atoms with Gasteiger partial charge in [-0.1, -0.05) is 97.1 Å². The van der Waals surface area contributed by atoms with Crippen LogP contribution < -0.4 is 10.1 Å². The predicted octanol–water partition coefficient (Wildman–Crippen LogP) is 8.11. The van der Waals surface area contributed by atoms with Crippen LogP contribution in [0.2, 0.25) is 0 Å². The Morgan fingerprint density at radius 2 is 1.48 bits per heavy atom. The molecule has 0 spiro atoms. The topological polar surface area (TPSA) is 80.2 Å². The Kier molecular flexibility index (Phi) is 11.1. The minimum Gasteiger partial charge on any atom is -0.494 e. The molecule has 0 bridgehead atoms. The van der Waals surface area contributed by atoms with Crippen LogP contribution in [0.3, 0.4) is 0 Å². The zero-order chi connectivity index (χ0) is 34.8. The number of carbonyl (C=O) groups is 1. The van der Waals surface area contributed by atoms with Crippen LogP contribution >= 0.6 is 0 Å². The van der Waals surface area contributed by atoms with Crippen LogP contribution in [0.5, 0.6) is 5.75 Å². The van der Waals surface area contributed by atoms with Gasteiger partial charge >= 0.3 is 0 Å². The van der Waals surface area contributed by atoms with Gasteiger partial charge < -0.3 is 19.9 Å². The molecule has 1 aliphatic rings. The van der Waals surface area contributed by atoms with Gasteiger partial charge in [0.15, 0.2) is 11.6 Å². The summed E-state index contributed by atoms with van der Waals surface area (Å²) in [6.45, 7) is 0.558. The normalized spacial score (nSPS) is 16.9. The molecule has 6 nitrogen and oxygen atoms in total. The van der Waals surface area contributed by atoms with E-state index in [1.807, 2.05) is 109 Å². The van der Waals surface area contributed by atoms with Crippen LogP contribution in [0.1, 0.15) is 41.2 Å². The van der Waals surface area contributed by atoms with Crippen molar-refractivity contribution in [1.82, 2.24) is 5.32 Å². The molecule has 2 atom stereocenters. The molecule has 8 heteroatoms. The summed E-state index contributed by atoms with van der Waals surface area (Å²) in [4.78, 5) is 19.5. The van der Waals surface area contributed by atoms with Crippen LogP contribution in [-0.4, -0.2) is 42.2 Å². The highest BCUT2D eigenvalue weighted by molar-refractivity contribution is 6.01. The molecule has 1 amide bonds. The highest BCUT2D eigenvalue weighted by Crippen LogP contribution is 2.43. The summed E-state index contributed by atoms with van der Waals surface area (Å²) in [5, 5.41) is 12.1. The number of aliphatic hydroxyl groups is 1. The number of carbonyl (C=O) groups excluding carboxylic acids is 1. The number of rotatable bonds is 14. The third-order valence-electron chi connectivity index (χ3n) is 8.51. The van der Waals surface area contributed by atoms with Crippen molar-refractivity contribution in [2.75, 3.05) is 19.8 Å². The standard InChI is InChI=1S/C42H38F2N2O4/c43-36-27-31(28-37(44)29-36)22-24-45-41(48)42(23-7-11-30-9-3-1-4-10-30)39(34-16-14-33(15-17-34)32-12-5-2-6-13-32)50-40(46-42)35-18-20-38(21-19-35)49-26-8-25-47/h1-7,9-21,27-29,39,47H,8,22-26H2,(H,45,48)/b11-7+/t39-,42-/m1/s1. The first-order valence-corrected chi connectivity index (χ1v) is 16.6. The first-order chi connectivity index (χ1) is 24.4. The number of nitrogens with one attached hydrogen (secondary N) is 1. The molecule has 50 heavy (non-hydrogen) atoms. The fraction of sp³-hybridized carbons (Fsp3) is 0.190. The van der Waals surface area contributed by atoms with Crippen LogP contribution in [0, 0.1) is 11.6 Å². The van der Waals surface area contributed by atoms with Crippen LogP contribution in [0.4, 0.5) is 8.78 Å². The molecule has 254 valence electrons. The number of hydrogen-bond donors (Lipinski definition) is 2. The SMILES string of the molecule is O=C(NCCc1cc(F)cc(F)c1)[C@]1(C/C=C/c2ccccc2)N=C(c2ccc(OCCCO)cc2)O[C@@H]1c1ccc(-c2ccccc2)cc1. The van der Waals surface area contributed by atoms with Gasteiger partial charge in [0.05, 0.1) is 6.61 Å². The van der Waals surface area contributed by atoms with Gasteiger partial charge in [0.2, 0.25) is 5.90 Å². The lowest BCUT2D eigenvalue weighted by Crippen LogP contribution is -2.48. The molecule has 5 aromatic carbocycles. The van der Waals surface area contributed by atoms with E-state index in [2.05, 4.69) is 5.32 Å². The summed E-state index contributed by atoms with van der Waals surface area (Å²) >= 11 is 0. The summed E-state index contributed by atoms with van der Waals surface area (Å²) in [6, 6.07) is 38.3. The first-order valence-electron chi connectivity index (χ1n) is 16.6.